The molecule has 6 heteroatoms. The lowest BCUT2D eigenvalue weighted by molar-refractivity contribution is -0.144. The molecule has 0 amide bonds. The summed E-state index contributed by atoms with van der Waals surface area (Å²) in [7, 11) is 0. The Bertz CT molecular complexity index is 714. The van der Waals surface area contributed by atoms with Crippen molar-refractivity contribution in [2.45, 2.75) is 40.3 Å². The topological polar surface area (TPSA) is 35.0 Å². The van der Waals surface area contributed by atoms with Gasteiger partial charge in [-0.2, -0.15) is 13.2 Å². The number of hydrogen-bond acceptors (Lipinski definition) is 3. The molecule has 2 aromatic rings. The van der Waals surface area contributed by atoms with Gasteiger partial charge in [0.1, 0.15) is 5.75 Å². The molecule has 0 aliphatic heterocycles. The molecule has 0 aliphatic rings. The summed E-state index contributed by atoms with van der Waals surface area (Å²) < 4.78 is 44.1. The Morgan fingerprint density at radius 2 is 1.84 bits per heavy atom. The van der Waals surface area contributed by atoms with Gasteiger partial charge in [0.05, 0.1) is 12.3 Å². The molecule has 25 heavy (non-hydrogen) atoms. The van der Waals surface area contributed by atoms with Crippen molar-refractivity contribution in [2.75, 3.05) is 6.61 Å². The van der Waals surface area contributed by atoms with Crippen LogP contribution in [0.5, 0.6) is 5.75 Å². The molecule has 0 spiro atoms. The lowest BCUT2D eigenvalue weighted by Crippen LogP contribution is -2.12. The fourth-order valence-electron chi connectivity index (χ4n) is 2.73. The highest BCUT2D eigenvalue weighted by molar-refractivity contribution is 5.61. The Morgan fingerprint density at radius 1 is 1.12 bits per heavy atom. The summed E-state index contributed by atoms with van der Waals surface area (Å²) in [4.78, 5) is 6.90. The van der Waals surface area contributed by atoms with Gasteiger partial charge in [-0.15, -0.1) is 0 Å². The van der Waals surface area contributed by atoms with E-state index in [9.17, 15) is 13.2 Å². The average Bonchev–Trinajstić information content (AvgIpc) is 2.52. The number of nitrogens with zero attached hydrogens (tertiary/aromatic N) is 2. The first-order valence-corrected chi connectivity index (χ1v) is 8.31. The molecule has 0 N–H and O–H groups in total. The number of hydrogen-bond donors (Lipinski definition) is 0. The van der Waals surface area contributed by atoms with Crippen LogP contribution in [0.3, 0.4) is 0 Å². The predicted molar refractivity (Wildman–Crippen MR) is 91.3 cm³/mol. The zero-order valence-electron chi connectivity index (χ0n) is 14.9. The van der Waals surface area contributed by atoms with E-state index in [1.54, 1.807) is 18.2 Å². The maximum atomic E-state index is 12.7. The summed E-state index contributed by atoms with van der Waals surface area (Å²) >= 11 is 0. The molecule has 1 aromatic carbocycles. The van der Waals surface area contributed by atoms with Crippen molar-refractivity contribution < 1.29 is 17.9 Å². The van der Waals surface area contributed by atoms with Crippen molar-refractivity contribution in [1.29, 1.82) is 0 Å². The van der Waals surface area contributed by atoms with E-state index in [4.69, 9.17) is 4.74 Å². The maximum Gasteiger partial charge on any atom is 0.451 e. The minimum absolute atomic E-state index is 0.241. The van der Waals surface area contributed by atoms with Crippen molar-refractivity contribution >= 4 is 0 Å². The van der Waals surface area contributed by atoms with Gasteiger partial charge in [0.25, 0.3) is 0 Å². The number of alkyl halides is 3. The monoisotopic (exact) mass is 352 g/mol. The van der Waals surface area contributed by atoms with Gasteiger partial charge in [-0.05, 0) is 55.0 Å². The van der Waals surface area contributed by atoms with Crippen molar-refractivity contribution in [3.63, 3.8) is 0 Å². The summed E-state index contributed by atoms with van der Waals surface area (Å²) in [5.41, 5.74) is 1.71. The quantitative estimate of drug-likeness (QED) is 0.685. The van der Waals surface area contributed by atoms with Crippen LogP contribution in [0, 0.1) is 18.8 Å². The third-order valence-corrected chi connectivity index (χ3v) is 3.78. The van der Waals surface area contributed by atoms with Gasteiger partial charge in [-0.25, -0.2) is 9.97 Å². The van der Waals surface area contributed by atoms with E-state index in [1.165, 1.54) is 6.07 Å². The third kappa shape index (κ3) is 5.44. The highest BCUT2D eigenvalue weighted by Gasteiger charge is 2.34. The molecule has 1 unspecified atom stereocenters. The average molecular weight is 352 g/mol. The highest BCUT2D eigenvalue weighted by Crippen LogP contribution is 2.29. The number of aromatic nitrogens is 2. The third-order valence-electron chi connectivity index (χ3n) is 3.78. The molecule has 0 radical (unpaired) electrons. The summed E-state index contributed by atoms with van der Waals surface area (Å²) in [6.45, 7) is 8.98. The minimum Gasteiger partial charge on any atom is -0.493 e. The van der Waals surface area contributed by atoms with E-state index < -0.39 is 12.0 Å². The van der Waals surface area contributed by atoms with E-state index in [-0.39, 0.29) is 5.69 Å². The van der Waals surface area contributed by atoms with E-state index >= 15 is 0 Å². The number of rotatable bonds is 6. The molecular formula is C19H23F3N2O. The summed E-state index contributed by atoms with van der Waals surface area (Å²) in [6, 6.07) is 6.75. The zero-order valence-corrected chi connectivity index (χ0v) is 14.9. The molecule has 0 saturated heterocycles. The SMILES string of the molecule is Cc1cc(-c2ccnc(C(F)(F)F)n2)ccc1OCC(C)CC(C)C. The van der Waals surface area contributed by atoms with Gasteiger partial charge in [-0.3, -0.25) is 0 Å². The van der Waals surface area contributed by atoms with Crippen LogP contribution in [-0.4, -0.2) is 16.6 Å². The first-order valence-electron chi connectivity index (χ1n) is 8.31. The molecule has 0 saturated carbocycles. The Hall–Kier alpha value is -2.11. The van der Waals surface area contributed by atoms with Gasteiger partial charge in [-0.1, -0.05) is 20.8 Å². The molecule has 1 aromatic heterocycles. The Morgan fingerprint density at radius 3 is 2.44 bits per heavy atom. The zero-order chi connectivity index (χ0) is 18.6. The first kappa shape index (κ1) is 19.2. The molecule has 1 heterocycles. The Kier molecular flexibility index (Phi) is 6.03. The van der Waals surface area contributed by atoms with E-state index in [2.05, 4.69) is 30.7 Å². The Labute approximate surface area is 146 Å². The van der Waals surface area contributed by atoms with E-state index in [1.807, 2.05) is 6.92 Å². The molecule has 136 valence electrons. The number of aryl methyl sites for hydroxylation is 1. The van der Waals surface area contributed by atoms with Crippen LogP contribution in [0.2, 0.25) is 0 Å². The van der Waals surface area contributed by atoms with Crippen LogP contribution < -0.4 is 4.74 Å². The van der Waals surface area contributed by atoms with Crippen LogP contribution in [-0.2, 0) is 6.18 Å². The second kappa shape index (κ2) is 7.85. The van der Waals surface area contributed by atoms with E-state index in [0.717, 1.165) is 23.9 Å². The Balaban J connectivity index is 2.14. The normalized spacial score (nSPS) is 13.1. The molecular weight excluding hydrogens is 329 g/mol. The van der Waals surface area contributed by atoms with Gasteiger partial charge >= 0.3 is 6.18 Å². The van der Waals surface area contributed by atoms with Crippen LogP contribution in [0.1, 0.15) is 38.6 Å². The summed E-state index contributed by atoms with van der Waals surface area (Å²) in [5.74, 6) is 0.660. The largest absolute Gasteiger partial charge is 0.493 e. The molecule has 0 bridgehead atoms. The number of ether oxygens (including phenoxy) is 1. The van der Waals surface area contributed by atoms with Gasteiger partial charge in [0.15, 0.2) is 0 Å². The van der Waals surface area contributed by atoms with Crippen LogP contribution in [0.15, 0.2) is 30.5 Å². The van der Waals surface area contributed by atoms with Crippen LogP contribution >= 0.6 is 0 Å². The standard InChI is InChI=1S/C19H23F3N2O/c1-12(2)9-13(3)11-25-17-6-5-15(10-14(17)4)16-7-8-23-18(24-16)19(20,21)22/h5-8,10,12-13H,9,11H2,1-4H3. The lowest BCUT2D eigenvalue weighted by atomic mass is 10.00. The number of benzene rings is 1. The van der Waals surface area contributed by atoms with Gasteiger partial charge in [0, 0.05) is 11.8 Å². The maximum absolute atomic E-state index is 12.7. The molecule has 0 fully saturated rings. The molecule has 0 aliphatic carbocycles. The second-order valence-electron chi connectivity index (χ2n) is 6.79. The first-order chi connectivity index (χ1) is 11.7. The second-order valence-corrected chi connectivity index (χ2v) is 6.79. The molecule has 1 atom stereocenters. The minimum atomic E-state index is -4.55. The molecule has 2 rings (SSSR count). The van der Waals surface area contributed by atoms with Crippen LogP contribution in [0.4, 0.5) is 13.2 Å². The number of halogens is 3. The van der Waals surface area contributed by atoms with Crippen molar-refractivity contribution in [3.05, 3.63) is 41.9 Å². The van der Waals surface area contributed by atoms with E-state index in [0.29, 0.717) is 24.0 Å². The highest BCUT2D eigenvalue weighted by atomic mass is 19.4. The lowest BCUT2D eigenvalue weighted by Gasteiger charge is -2.16. The van der Waals surface area contributed by atoms with Gasteiger partial charge < -0.3 is 4.74 Å². The van der Waals surface area contributed by atoms with Crippen molar-refractivity contribution in [1.82, 2.24) is 9.97 Å². The predicted octanol–water partition coefficient (Wildman–Crippen LogP) is 5.53. The van der Waals surface area contributed by atoms with Crippen LogP contribution in [0.25, 0.3) is 11.3 Å². The summed E-state index contributed by atoms with van der Waals surface area (Å²) in [5, 5.41) is 0. The smallest absolute Gasteiger partial charge is 0.451 e. The fourth-order valence-corrected chi connectivity index (χ4v) is 2.73. The van der Waals surface area contributed by atoms with Crippen molar-refractivity contribution in [2.24, 2.45) is 11.8 Å². The van der Waals surface area contributed by atoms with Crippen molar-refractivity contribution in [3.8, 4) is 17.0 Å². The molecule has 3 nitrogen and oxygen atoms in total. The fraction of sp³-hybridized carbons (Fsp3) is 0.474. The summed E-state index contributed by atoms with van der Waals surface area (Å²) in [6.07, 6.45) is -2.35. The van der Waals surface area contributed by atoms with Gasteiger partial charge in [0.2, 0.25) is 5.82 Å².